The molecule has 0 aromatic heterocycles. The fraction of sp³-hybridized carbons (Fsp3) is 0.222. The first-order valence-corrected chi connectivity index (χ1v) is 5.46. The van der Waals surface area contributed by atoms with Crippen LogP contribution in [0.1, 0.15) is 12.5 Å². The molecule has 0 bridgehead atoms. The summed E-state index contributed by atoms with van der Waals surface area (Å²) in [6.45, 7) is 2.83. The summed E-state index contributed by atoms with van der Waals surface area (Å²) in [6, 6.07) is 3.62. The van der Waals surface area contributed by atoms with Crippen molar-refractivity contribution in [1.82, 2.24) is 0 Å². The van der Waals surface area contributed by atoms with E-state index in [0.29, 0.717) is 5.56 Å². The molecule has 0 saturated heterocycles. The second-order valence-electron chi connectivity index (χ2n) is 2.98. The molecule has 1 rings (SSSR count). The monoisotopic (exact) mass is 252 g/mol. The molecule has 5 nitrogen and oxygen atoms in total. The minimum Gasteiger partial charge on any atom is -0.744 e. The number of rotatable bonds is 2. The number of benzene rings is 1. The summed E-state index contributed by atoms with van der Waals surface area (Å²) >= 11 is 0. The second-order valence-corrected chi connectivity index (χ2v) is 4.35. The second kappa shape index (κ2) is 5.79. The molecule has 0 N–H and O–H groups in total. The Morgan fingerprint density at radius 1 is 1.38 bits per heavy atom. The van der Waals surface area contributed by atoms with Crippen molar-refractivity contribution in [3.8, 4) is 5.75 Å². The van der Waals surface area contributed by atoms with Crippen LogP contribution in [0.15, 0.2) is 23.1 Å². The summed E-state index contributed by atoms with van der Waals surface area (Å²) in [5.41, 5.74) is 0.581. The Labute approximate surface area is 116 Å². The average Bonchev–Trinajstić information content (AvgIpc) is 2.06. The first-order valence-electron chi connectivity index (χ1n) is 4.05. The molecule has 1 aromatic carbocycles. The zero-order chi connectivity index (χ0) is 11.6. The molecule has 0 fully saturated rings. The smallest absolute Gasteiger partial charge is 0.744 e. The molecule has 0 aliphatic carbocycles. The maximum absolute atomic E-state index is 10.7. The quantitative estimate of drug-likeness (QED) is 0.259. The van der Waals surface area contributed by atoms with Gasteiger partial charge in [0.1, 0.15) is 15.9 Å². The van der Waals surface area contributed by atoms with E-state index in [-0.39, 0.29) is 35.3 Å². The van der Waals surface area contributed by atoms with Crippen LogP contribution < -0.4 is 34.3 Å². The van der Waals surface area contributed by atoms with Crippen molar-refractivity contribution >= 4 is 16.1 Å². The maximum atomic E-state index is 10.7. The Balaban J connectivity index is 0.00000225. The van der Waals surface area contributed by atoms with Gasteiger partial charge in [0, 0.05) is 6.92 Å². The van der Waals surface area contributed by atoms with E-state index in [2.05, 4.69) is 0 Å². The SMILES string of the molecule is CC(=O)Oc1cc(S(=O)(=O)[O-])ccc1C.[Na+]. The van der Waals surface area contributed by atoms with Crippen LogP contribution in [0, 0.1) is 6.92 Å². The molecule has 0 aliphatic rings. The van der Waals surface area contributed by atoms with Gasteiger partial charge in [-0.1, -0.05) is 6.07 Å². The molecular weight excluding hydrogens is 243 g/mol. The van der Waals surface area contributed by atoms with Gasteiger partial charge < -0.3 is 9.29 Å². The summed E-state index contributed by atoms with van der Waals surface area (Å²) in [5.74, 6) is -0.488. The fourth-order valence-electron chi connectivity index (χ4n) is 1.00. The molecule has 0 atom stereocenters. The number of carbonyl (C=O) groups excluding carboxylic acids is 1. The molecule has 82 valence electrons. The van der Waals surface area contributed by atoms with Crippen LogP contribution in [-0.2, 0) is 14.9 Å². The van der Waals surface area contributed by atoms with Crippen molar-refractivity contribution in [3.05, 3.63) is 23.8 Å². The van der Waals surface area contributed by atoms with E-state index in [0.717, 1.165) is 6.07 Å². The molecule has 0 aliphatic heterocycles. The third-order valence-corrected chi connectivity index (χ3v) is 2.53. The predicted octanol–water partition coefficient (Wildman–Crippen LogP) is -2.17. The van der Waals surface area contributed by atoms with Crippen molar-refractivity contribution < 1.29 is 52.1 Å². The van der Waals surface area contributed by atoms with E-state index in [1.807, 2.05) is 0 Å². The van der Waals surface area contributed by atoms with Crippen LogP contribution in [0.2, 0.25) is 0 Å². The molecule has 1 aromatic rings. The van der Waals surface area contributed by atoms with Gasteiger partial charge in [-0.3, -0.25) is 4.79 Å². The van der Waals surface area contributed by atoms with Gasteiger partial charge in [-0.15, -0.1) is 0 Å². The molecule has 7 heteroatoms. The van der Waals surface area contributed by atoms with Gasteiger partial charge in [0.15, 0.2) is 0 Å². The number of ether oxygens (including phenoxy) is 1. The zero-order valence-corrected chi connectivity index (χ0v) is 12.0. The van der Waals surface area contributed by atoms with Gasteiger partial charge in [0.25, 0.3) is 0 Å². The topological polar surface area (TPSA) is 83.5 Å². The third-order valence-electron chi connectivity index (χ3n) is 1.70. The van der Waals surface area contributed by atoms with E-state index in [9.17, 15) is 17.8 Å². The molecule has 0 spiro atoms. The normalized spacial score (nSPS) is 10.4. The largest absolute Gasteiger partial charge is 1.00 e. The van der Waals surface area contributed by atoms with Crippen molar-refractivity contribution in [1.29, 1.82) is 0 Å². The van der Waals surface area contributed by atoms with E-state index in [1.165, 1.54) is 19.1 Å². The van der Waals surface area contributed by atoms with Crippen molar-refractivity contribution in [2.24, 2.45) is 0 Å². The van der Waals surface area contributed by atoms with Gasteiger partial charge in [-0.2, -0.15) is 0 Å². The summed E-state index contributed by atoms with van der Waals surface area (Å²) < 4.78 is 36.8. The standard InChI is InChI=1S/C9H10O5S.Na/c1-6-3-4-8(15(11,12)13)5-9(6)14-7(2)10;/h3-5H,1-2H3,(H,11,12,13);/q;+1/p-1. The number of hydrogen-bond donors (Lipinski definition) is 0. The van der Waals surface area contributed by atoms with Crippen molar-refractivity contribution in [3.63, 3.8) is 0 Å². The first kappa shape index (κ1) is 15.6. The predicted molar refractivity (Wildman–Crippen MR) is 50.5 cm³/mol. The van der Waals surface area contributed by atoms with Crippen molar-refractivity contribution in [2.75, 3.05) is 0 Å². The van der Waals surface area contributed by atoms with Crippen LogP contribution in [0.4, 0.5) is 0 Å². The minimum atomic E-state index is -4.52. The van der Waals surface area contributed by atoms with E-state index in [4.69, 9.17) is 4.74 Å². The molecule has 0 unspecified atom stereocenters. The van der Waals surface area contributed by atoms with Gasteiger partial charge in [0.2, 0.25) is 0 Å². The number of esters is 1. The number of hydrogen-bond acceptors (Lipinski definition) is 5. The average molecular weight is 252 g/mol. The molecule has 0 amide bonds. The van der Waals surface area contributed by atoms with Gasteiger partial charge in [-0.05, 0) is 24.6 Å². The molecular formula is C9H9NaO5S. The Bertz CT molecular complexity index is 495. The van der Waals surface area contributed by atoms with Crippen LogP contribution >= 0.6 is 0 Å². The number of carbonyl (C=O) groups is 1. The molecule has 0 radical (unpaired) electrons. The van der Waals surface area contributed by atoms with E-state index < -0.39 is 21.0 Å². The Morgan fingerprint density at radius 2 is 1.94 bits per heavy atom. The molecule has 0 saturated carbocycles. The third kappa shape index (κ3) is 4.23. The summed E-state index contributed by atoms with van der Waals surface area (Å²) in [5, 5.41) is 0. The maximum Gasteiger partial charge on any atom is 1.00 e. The van der Waals surface area contributed by atoms with E-state index >= 15 is 0 Å². The number of aryl methyl sites for hydroxylation is 1. The first-order chi connectivity index (χ1) is 6.80. The van der Waals surface area contributed by atoms with Crippen LogP contribution in [0.25, 0.3) is 0 Å². The van der Waals surface area contributed by atoms with Crippen LogP contribution in [0.3, 0.4) is 0 Å². The van der Waals surface area contributed by atoms with Gasteiger partial charge >= 0.3 is 35.5 Å². The summed E-state index contributed by atoms with van der Waals surface area (Å²) in [4.78, 5) is 10.3. The van der Waals surface area contributed by atoms with E-state index in [1.54, 1.807) is 6.92 Å². The molecule has 0 heterocycles. The van der Waals surface area contributed by atoms with Crippen LogP contribution in [-0.4, -0.2) is 18.9 Å². The van der Waals surface area contributed by atoms with Gasteiger partial charge in [-0.25, -0.2) is 8.42 Å². The Hall–Kier alpha value is -0.400. The van der Waals surface area contributed by atoms with Crippen LogP contribution in [0.5, 0.6) is 5.75 Å². The summed E-state index contributed by atoms with van der Waals surface area (Å²) in [7, 11) is -4.52. The minimum absolute atomic E-state index is 0. The van der Waals surface area contributed by atoms with Gasteiger partial charge in [0.05, 0.1) is 4.90 Å². The zero-order valence-electron chi connectivity index (χ0n) is 9.18. The molecule has 16 heavy (non-hydrogen) atoms. The summed E-state index contributed by atoms with van der Waals surface area (Å²) in [6.07, 6.45) is 0. The van der Waals surface area contributed by atoms with Crippen molar-refractivity contribution in [2.45, 2.75) is 18.7 Å². The fourth-order valence-corrected chi connectivity index (χ4v) is 1.49. The Morgan fingerprint density at radius 3 is 2.38 bits per heavy atom. The Kier molecular flexibility index (Phi) is 5.64.